The Labute approximate surface area is 97.8 Å². The van der Waals surface area contributed by atoms with E-state index >= 15 is 0 Å². The van der Waals surface area contributed by atoms with E-state index in [-0.39, 0.29) is 5.97 Å². The third kappa shape index (κ3) is 12.9. The molecule has 0 heterocycles. The fourth-order valence-corrected chi connectivity index (χ4v) is 1.05. The summed E-state index contributed by atoms with van der Waals surface area (Å²) < 4.78 is 4.80. The molecule has 3 heteroatoms. The topological polar surface area (TPSA) is 46.5 Å². The van der Waals surface area contributed by atoms with Crippen LogP contribution < -0.4 is 0 Å². The number of hydrogen-bond donors (Lipinski definition) is 1. The Balaban J connectivity index is 3.42. The third-order valence-electron chi connectivity index (χ3n) is 1.82. The van der Waals surface area contributed by atoms with Gasteiger partial charge in [-0.1, -0.05) is 24.3 Å². The summed E-state index contributed by atoms with van der Waals surface area (Å²) in [5.41, 5.74) is -0.750. The first kappa shape index (κ1) is 14.9. The number of hydrogen-bond acceptors (Lipinski definition) is 3. The molecule has 16 heavy (non-hydrogen) atoms. The molecule has 92 valence electrons. The van der Waals surface area contributed by atoms with Gasteiger partial charge in [0.1, 0.15) is 0 Å². The van der Waals surface area contributed by atoms with Crippen LogP contribution in [0.3, 0.4) is 0 Å². The third-order valence-corrected chi connectivity index (χ3v) is 1.82. The quantitative estimate of drug-likeness (QED) is 0.412. The maximum atomic E-state index is 10.4. The second-order valence-electron chi connectivity index (χ2n) is 4.28. The lowest BCUT2D eigenvalue weighted by Crippen LogP contribution is -2.13. The molecule has 0 saturated heterocycles. The number of rotatable bonds is 7. The van der Waals surface area contributed by atoms with Crippen molar-refractivity contribution >= 4 is 5.97 Å². The van der Waals surface area contributed by atoms with E-state index in [0.717, 1.165) is 19.3 Å². The van der Waals surface area contributed by atoms with Crippen molar-refractivity contribution in [2.24, 2.45) is 0 Å². The van der Waals surface area contributed by atoms with Gasteiger partial charge in [0, 0.05) is 6.92 Å². The highest BCUT2D eigenvalue weighted by atomic mass is 16.5. The fraction of sp³-hybridized carbons (Fsp3) is 0.615. The van der Waals surface area contributed by atoms with Gasteiger partial charge in [0.15, 0.2) is 0 Å². The zero-order valence-electron chi connectivity index (χ0n) is 10.4. The van der Waals surface area contributed by atoms with E-state index in [4.69, 9.17) is 4.74 Å². The van der Waals surface area contributed by atoms with Crippen molar-refractivity contribution in [1.82, 2.24) is 0 Å². The lowest BCUT2D eigenvalue weighted by Gasteiger charge is -2.08. The van der Waals surface area contributed by atoms with Crippen molar-refractivity contribution < 1.29 is 14.6 Å². The highest BCUT2D eigenvalue weighted by Gasteiger charge is 2.03. The Morgan fingerprint density at radius 2 is 2.00 bits per heavy atom. The Morgan fingerprint density at radius 3 is 2.56 bits per heavy atom. The standard InChI is InChI=1S/C13H22O3/c1-12(14)16-11-9-7-5-4-6-8-10-13(2,3)15/h4,6,8,10,15H,5,7,9,11H2,1-3H3/b6-4-,10-8+. The SMILES string of the molecule is CC(=O)OCCCC/C=C\C=C\C(C)(C)O. The minimum absolute atomic E-state index is 0.219. The van der Waals surface area contributed by atoms with Gasteiger partial charge in [0.2, 0.25) is 0 Å². The number of aliphatic hydroxyl groups is 1. The van der Waals surface area contributed by atoms with Crippen molar-refractivity contribution in [2.75, 3.05) is 6.61 Å². The second-order valence-corrected chi connectivity index (χ2v) is 4.28. The smallest absolute Gasteiger partial charge is 0.302 e. The number of carbonyl (C=O) groups excluding carboxylic acids is 1. The Hall–Kier alpha value is -1.09. The molecule has 0 aromatic rings. The van der Waals surface area contributed by atoms with Crippen LogP contribution in [-0.2, 0) is 9.53 Å². The summed E-state index contributed by atoms with van der Waals surface area (Å²) in [5.74, 6) is -0.219. The zero-order valence-corrected chi connectivity index (χ0v) is 10.4. The van der Waals surface area contributed by atoms with E-state index in [1.54, 1.807) is 19.9 Å². The maximum absolute atomic E-state index is 10.4. The normalized spacial score (nSPS) is 12.5. The van der Waals surface area contributed by atoms with E-state index in [1.807, 2.05) is 18.2 Å². The van der Waals surface area contributed by atoms with Crippen LogP contribution in [0.15, 0.2) is 24.3 Å². The van der Waals surface area contributed by atoms with E-state index in [0.29, 0.717) is 6.61 Å². The highest BCUT2D eigenvalue weighted by Crippen LogP contribution is 2.03. The van der Waals surface area contributed by atoms with Gasteiger partial charge in [-0.2, -0.15) is 0 Å². The van der Waals surface area contributed by atoms with Gasteiger partial charge in [-0.25, -0.2) is 0 Å². The molecule has 0 spiro atoms. The predicted octanol–water partition coefficient (Wildman–Crippen LogP) is 2.60. The van der Waals surface area contributed by atoms with Crippen molar-refractivity contribution in [1.29, 1.82) is 0 Å². The molecule has 0 bridgehead atoms. The highest BCUT2D eigenvalue weighted by molar-refractivity contribution is 5.65. The predicted molar refractivity (Wildman–Crippen MR) is 65.1 cm³/mol. The maximum Gasteiger partial charge on any atom is 0.302 e. The van der Waals surface area contributed by atoms with E-state index < -0.39 is 5.60 Å². The Bertz CT molecular complexity index is 246. The average Bonchev–Trinajstić information content (AvgIpc) is 2.13. The van der Waals surface area contributed by atoms with E-state index in [9.17, 15) is 9.90 Å². The lowest BCUT2D eigenvalue weighted by molar-refractivity contribution is -0.141. The minimum atomic E-state index is -0.750. The fourth-order valence-electron chi connectivity index (χ4n) is 1.05. The van der Waals surface area contributed by atoms with Crippen LogP contribution in [-0.4, -0.2) is 23.3 Å². The number of ether oxygens (including phenoxy) is 1. The van der Waals surface area contributed by atoms with Gasteiger partial charge in [-0.15, -0.1) is 0 Å². The molecular formula is C13H22O3. The summed E-state index contributed by atoms with van der Waals surface area (Å²) in [7, 11) is 0. The zero-order chi connectivity index (χ0) is 12.4. The number of esters is 1. The minimum Gasteiger partial charge on any atom is -0.466 e. The lowest BCUT2D eigenvalue weighted by atomic mass is 10.1. The molecule has 0 aliphatic rings. The summed E-state index contributed by atoms with van der Waals surface area (Å²) in [6.07, 6.45) is 10.4. The Morgan fingerprint density at radius 1 is 1.31 bits per heavy atom. The molecule has 0 unspecified atom stereocenters. The van der Waals surface area contributed by atoms with Gasteiger partial charge >= 0.3 is 5.97 Å². The van der Waals surface area contributed by atoms with Gasteiger partial charge in [0.25, 0.3) is 0 Å². The van der Waals surface area contributed by atoms with Gasteiger partial charge in [-0.05, 0) is 33.1 Å². The molecule has 0 amide bonds. The van der Waals surface area contributed by atoms with Gasteiger partial charge in [-0.3, -0.25) is 4.79 Å². The van der Waals surface area contributed by atoms with Crippen LogP contribution in [0.5, 0.6) is 0 Å². The van der Waals surface area contributed by atoms with Crippen LogP contribution in [0.4, 0.5) is 0 Å². The first-order valence-corrected chi connectivity index (χ1v) is 5.62. The van der Waals surface area contributed by atoms with Crippen LogP contribution in [0.1, 0.15) is 40.0 Å². The molecule has 0 atom stereocenters. The number of allylic oxidation sites excluding steroid dienone is 3. The van der Waals surface area contributed by atoms with E-state index in [1.165, 1.54) is 6.92 Å². The van der Waals surface area contributed by atoms with E-state index in [2.05, 4.69) is 0 Å². The molecule has 0 fully saturated rings. The summed E-state index contributed by atoms with van der Waals surface area (Å²) in [4.78, 5) is 10.4. The van der Waals surface area contributed by atoms with Crippen molar-refractivity contribution in [3.63, 3.8) is 0 Å². The largest absolute Gasteiger partial charge is 0.466 e. The van der Waals surface area contributed by atoms with Gasteiger partial charge in [0.05, 0.1) is 12.2 Å². The Kier molecular flexibility index (Phi) is 7.56. The molecule has 0 aromatic carbocycles. The molecule has 0 aromatic heterocycles. The van der Waals surface area contributed by atoms with Crippen LogP contribution in [0, 0.1) is 0 Å². The first-order valence-electron chi connectivity index (χ1n) is 5.62. The molecule has 1 N–H and O–H groups in total. The molecular weight excluding hydrogens is 204 g/mol. The first-order chi connectivity index (χ1) is 7.42. The van der Waals surface area contributed by atoms with Gasteiger partial charge < -0.3 is 9.84 Å². The molecule has 0 aliphatic heterocycles. The van der Waals surface area contributed by atoms with Crippen LogP contribution >= 0.6 is 0 Å². The number of unbranched alkanes of at least 4 members (excludes halogenated alkanes) is 2. The van der Waals surface area contributed by atoms with Crippen LogP contribution in [0.25, 0.3) is 0 Å². The van der Waals surface area contributed by atoms with Crippen molar-refractivity contribution in [3.8, 4) is 0 Å². The molecule has 0 saturated carbocycles. The molecule has 3 nitrogen and oxygen atoms in total. The number of carbonyl (C=O) groups is 1. The van der Waals surface area contributed by atoms with Crippen molar-refractivity contribution in [2.45, 2.75) is 45.6 Å². The molecule has 0 aliphatic carbocycles. The summed E-state index contributed by atoms with van der Waals surface area (Å²) in [5, 5.41) is 9.37. The summed E-state index contributed by atoms with van der Waals surface area (Å²) in [6.45, 7) is 5.39. The van der Waals surface area contributed by atoms with Crippen molar-refractivity contribution in [3.05, 3.63) is 24.3 Å². The van der Waals surface area contributed by atoms with Crippen LogP contribution in [0.2, 0.25) is 0 Å². The second kappa shape index (κ2) is 8.11. The molecule has 0 rings (SSSR count). The summed E-state index contributed by atoms with van der Waals surface area (Å²) >= 11 is 0. The summed E-state index contributed by atoms with van der Waals surface area (Å²) in [6, 6.07) is 0. The molecule has 0 radical (unpaired) electrons. The average molecular weight is 226 g/mol. The monoisotopic (exact) mass is 226 g/mol.